The van der Waals surface area contributed by atoms with Crippen molar-refractivity contribution in [1.82, 2.24) is 5.32 Å². The van der Waals surface area contributed by atoms with Gasteiger partial charge in [-0.15, -0.1) is 0 Å². The van der Waals surface area contributed by atoms with Gasteiger partial charge in [0.2, 0.25) is 5.91 Å². The summed E-state index contributed by atoms with van der Waals surface area (Å²) in [4.78, 5) is 39.6. The quantitative estimate of drug-likeness (QED) is 0.192. The van der Waals surface area contributed by atoms with Crippen molar-refractivity contribution in [3.8, 4) is 22.6 Å². The van der Waals surface area contributed by atoms with E-state index in [1.165, 1.54) is 0 Å². The molecule has 1 N–H and O–H groups in total. The number of methoxy groups -OCH3 is 2. The number of hydrogen-bond donors (Lipinski definition) is 1. The molecule has 0 aliphatic rings. The van der Waals surface area contributed by atoms with Crippen molar-refractivity contribution >= 4 is 17.8 Å². The zero-order valence-corrected chi connectivity index (χ0v) is 28.5. The SMILES string of the molecule is COc1ccc(C[C@@H](C[C@@H](Cc2ccc(-c3ccccc3)cc2)C(=O)NCCC(=O)OC(C)(C)C)C(=O)OC(C)(C)C)cc1OC. The molecule has 8 nitrogen and oxygen atoms in total. The van der Waals surface area contributed by atoms with Crippen LogP contribution in [0.2, 0.25) is 0 Å². The number of rotatable bonds is 14. The summed E-state index contributed by atoms with van der Waals surface area (Å²) in [5.41, 5.74) is 2.67. The fourth-order valence-corrected chi connectivity index (χ4v) is 5.14. The third kappa shape index (κ3) is 11.9. The van der Waals surface area contributed by atoms with Crippen LogP contribution >= 0.6 is 0 Å². The van der Waals surface area contributed by atoms with Crippen molar-refractivity contribution in [2.45, 2.75) is 78.4 Å². The molecule has 0 heterocycles. The highest BCUT2D eigenvalue weighted by Gasteiger charge is 2.31. The van der Waals surface area contributed by atoms with Crippen LogP contribution in [-0.2, 0) is 36.7 Å². The summed E-state index contributed by atoms with van der Waals surface area (Å²) < 4.78 is 22.1. The predicted molar refractivity (Wildman–Crippen MR) is 180 cm³/mol. The summed E-state index contributed by atoms with van der Waals surface area (Å²) in [6.07, 6.45) is 1.02. The minimum absolute atomic E-state index is 0.0443. The van der Waals surface area contributed by atoms with Gasteiger partial charge < -0.3 is 24.3 Å². The smallest absolute Gasteiger partial charge is 0.309 e. The van der Waals surface area contributed by atoms with Gasteiger partial charge in [-0.2, -0.15) is 0 Å². The summed E-state index contributed by atoms with van der Waals surface area (Å²) in [5.74, 6) is -1.06. The number of ether oxygens (including phenoxy) is 4. The lowest BCUT2D eigenvalue weighted by molar-refractivity contribution is -0.160. The molecule has 8 heteroatoms. The molecular weight excluding hydrogens is 582 g/mol. The third-order valence-corrected chi connectivity index (χ3v) is 7.20. The number of carbonyl (C=O) groups is 3. The van der Waals surface area contributed by atoms with Crippen molar-refractivity contribution < 1.29 is 33.3 Å². The molecule has 2 atom stereocenters. The molecule has 0 radical (unpaired) electrons. The van der Waals surface area contributed by atoms with Crippen LogP contribution in [0.4, 0.5) is 0 Å². The normalized spacial score (nSPS) is 12.9. The van der Waals surface area contributed by atoms with Gasteiger partial charge in [0.15, 0.2) is 11.5 Å². The Morgan fingerprint density at radius 1 is 0.674 bits per heavy atom. The average Bonchev–Trinajstić information content (AvgIpc) is 2.99. The van der Waals surface area contributed by atoms with Crippen molar-refractivity contribution in [1.29, 1.82) is 0 Å². The van der Waals surface area contributed by atoms with Gasteiger partial charge in [0.25, 0.3) is 0 Å². The van der Waals surface area contributed by atoms with Crippen molar-refractivity contribution in [3.05, 3.63) is 83.9 Å². The van der Waals surface area contributed by atoms with Gasteiger partial charge in [-0.3, -0.25) is 14.4 Å². The molecule has 0 aromatic heterocycles. The Morgan fingerprint density at radius 2 is 1.24 bits per heavy atom. The number of carbonyl (C=O) groups excluding carboxylic acids is 3. The van der Waals surface area contributed by atoms with Crippen LogP contribution in [0.15, 0.2) is 72.8 Å². The van der Waals surface area contributed by atoms with Gasteiger partial charge in [-0.05, 0) is 95.2 Å². The van der Waals surface area contributed by atoms with Gasteiger partial charge >= 0.3 is 11.9 Å². The van der Waals surface area contributed by atoms with E-state index < -0.39 is 23.0 Å². The van der Waals surface area contributed by atoms with Crippen LogP contribution in [0.5, 0.6) is 11.5 Å². The summed E-state index contributed by atoms with van der Waals surface area (Å²) >= 11 is 0. The Bertz CT molecular complexity index is 1440. The highest BCUT2D eigenvalue weighted by Crippen LogP contribution is 2.31. The average molecular weight is 632 g/mol. The summed E-state index contributed by atoms with van der Waals surface area (Å²) in [5, 5.41) is 2.92. The van der Waals surface area contributed by atoms with Crippen LogP contribution in [0.25, 0.3) is 11.1 Å². The molecule has 0 spiro atoms. The molecule has 3 aromatic carbocycles. The standard InChI is InChI=1S/C38H49NO7/c1-37(2,3)45-34(40)20-21-39-35(41)30(22-26-14-17-29(18-15-26)28-12-10-9-11-13-28)25-31(36(42)46-38(4,5)6)23-27-16-19-32(43-7)33(24-27)44-8/h9-19,24,30-31H,20-23,25H2,1-8H3,(H,39,41)/t30-,31+/m1/s1. The van der Waals surface area contributed by atoms with E-state index in [1.54, 1.807) is 41.1 Å². The Hall–Kier alpha value is -4.33. The minimum Gasteiger partial charge on any atom is -0.493 e. The van der Waals surface area contributed by atoms with Crippen LogP contribution < -0.4 is 14.8 Å². The molecule has 248 valence electrons. The fraction of sp³-hybridized carbons (Fsp3) is 0.447. The molecule has 46 heavy (non-hydrogen) atoms. The highest BCUT2D eigenvalue weighted by atomic mass is 16.6. The summed E-state index contributed by atoms with van der Waals surface area (Å²) in [7, 11) is 3.13. The molecule has 3 rings (SSSR count). The van der Waals surface area contributed by atoms with E-state index in [4.69, 9.17) is 18.9 Å². The van der Waals surface area contributed by atoms with E-state index in [1.807, 2.05) is 75.4 Å². The summed E-state index contributed by atoms with van der Waals surface area (Å²) in [6, 6.07) is 23.7. The molecule has 1 amide bonds. The molecule has 0 saturated carbocycles. The largest absolute Gasteiger partial charge is 0.493 e. The second kappa shape index (κ2) is 16.3. The van der Waals surface area contributed by atoms with Crippen LogP contribution in [0, 0.1) is 11.8 Å². The topological polar surface area (TPSA) is 100 Å². The number of amides is 1. The van der Waals surface area contributed by atoms with Gasteiger partial charge in [-0.1, -0.05) is 60.7 Å². The Labute approximate surface area is 273 Å². The second-order valence-corrected chi connectivity index (χ2v) is 13.5. The molecule has 0 aliphatic heterocycles. The first kappa shape index (κ1) is 36.1. The zero-order chi connectivity index (χ0) is 33.9. The Balaban J connectivity index is 1.88. The molecule has 3 aromatic rings. The molecule has 0 saturated heterocycles. The second-order valence-electron chi connectivity index (χ2n) is 13.5. The number of hydrogen-bond acceptors (Lipinski definition) is 7. The molecule has 0 unspecified atom stereocenters. The van der Waals surface area contributed by atoms with Gasteiger partial charge in [-0.25, -0.2) is 0 Å². The summed E-state index contributed by atoms with van der Waals surface area (Å²) in [6.45, 7) is 11.0. The van der Waals surface area contributed by atoms with Crippen molar-refractivity contribution in [2.24, 2.45) is 11.8 Å². The Kier molecular flexibility index (Phi) is 12.8. The maximum Gasteiger partial charge on any atom is 0.309 e. The molecule has 0 fully saturated rings. The van der Waals surface area contributed by atoms with E-state index in [0.29, 0.717) is 24.3 Å². The lowest BCUT2D eigenvalue weighted by atomic mass is 9.85. The maximum atomic E-state index is 13.7. The first-order valence-corrected chi connectivity index (χ1v) is 15.7. The first-order chi connectivity index (χ1) is 21.7. The lowest BCUT2D eigenvalue weighted by Gasteiger charge is -2.27. The minimum atomic E-state index is -0.703. The van der Waals surface area contributed by atoms with E-state index in [2.05, 4.69) is 17.4 Å². The van der Waals surface area contributed by atoms with Gasteiger partial charge in [0.05, 0.1) is 26.6 Å². The Morgan fingerprint density at radius 3 is 1.83 bits per heavy atom. The molecule has 0 aliphatic carbocycles. The predicted octanol–water partition coefficient (Wildman–Crippen LogP) is 6.97. The van der Waals surface area contributed by atoms with Crippen molar-refractivity contribution in [2.75, 3.05) is 20.8 Å². The maximum absolute atomic E-state index is 13.7. The van der Waals surface area contributed by atoms with Crippen molar-refractivity contribution in [3.63, 3.8) is 0 Å². The zero-order valence-electron chi connectivity index (χ0n) is 28.5. The first-order valence-electron chi connectivity index (χ1n) is 15.7. The van der Waals surface area contributed by atoms with E-state index in [0.717, 1.165) is 22.3 Å². The lowest BCUT2D eigenvalue weighted by Crippen LogP contribution is -2.38. The van der Waals surface area contributed by atoms with Crippen LogP contribution in [0.1, 0.15) is 65.5 Å². The van der Waals surface area contributed by atoms with E-state index >= 15 is 0 Å². The number of nitrogens with one attached hydrogen (secondary N) is 1. The number of benzene rings is 3. The van der Waals surface area contributed by atoms with Crippen LogP contribution in [-0.4, -0.2) is 49.8 Å². The fourth-order valence-electron chi connectivity index (χ4n) is 5.14. The van der Waals surface area contributed by atoms with E-state index in [-0.39, 0.29) is 37.2 Å². The van der Waals surface area contributed by atoms with E-state index in [9.17, 15) is 14.4 Å². The monoisotopic (exact) mass is 631 g/mol. The van der Waals surface area contributed by atoms with Gasteiger partial charge in [0.1, 0.15) is 11.2 Å². The highest BCUT2D eigenvalue weighted by molar-refractivity contribution is 5.81. The van der Waals surface area contributed by atoms with Crippen LogP contribution in [0.3, 0.4) is 0 Å². The molecule has 0 bridgehead atoms. The van der Waals surface area contributed by atoms with Gasteiger partial charge in [0, 0.05) is 12.5 Å². The third-order valence-electron chi connectivity index (χ3n) is 7.20. The molecular formula is C38H49NO7. The number of esters is 2.